The van der Waals surface area contributed by atoms with Crippen molar-refractivity contribution in [2.75, 3.05) is 11.1 Å². The molecule has 1 amide bonds. The van der Waals surface area contributed by atoms with E-state index in [1.165, 1.54) is 0 Å². The summed E-state index contributed by atoms with van der Waals surface area (Å²) in [5.74, 6) is -0.00780. The Balaban J connectivity index is 2.13. The highest BCUT2D eigenvalue weighted by Crippen LogP contribution is 2.23. The number of nitrogens with one attached hydrogen (secondary N) is 1. The Kier molecular flexibility index (Phi) is 4.08. The first-order valence-corrected chi connectivity index (χ1v) is 6.68. The number of aryl methyl sites for hydroxylation is 3. The largest absolute Gasteiger partial charge is 0.399 e. The molecule has 0 unspecified atom stereocenters. The minimum absolute atomic E-state index is 0.00780. The van der Waals surface area contributed by atoms with E-state index in [-0.39, 0.29) is 5.91 Å². The van der Waals surface area contributed by atoms with Crippen molar-refractivity contribution in [1.82, 2.24) is 0 Å². The molecule has 0 heterocycles. The molecule has 3 heteroatoms. The van der Waals surface area contributed by atoms with Gasteiger partial charge in [0.05, 0.1) is 6.42 Å². The second-order valence-electron chi connectivity index (χ2n) is 5.24. The van der Waals surface area contributed by atoms with Crippen LogP contribution in [0, 0.1) is 20.8 Å². The van der Waals surface area contributed by atoms with Crippen LogP contribution in [0.15, 0.2) is 36.4 Å². The summed E-state index contributed by atoms with van der Waals surface area (Å²) in [4.78, 5) is 12.1. The number of amides is 1. The molecule has 0 fully saturated rings. The number of hydrogen-bond donors (Lipinski definition) is 2. The molecule has 0 saturated carbocycles. The van der Waals surface area contributed by atoms with Crippen LogP contribution in [0.5, 0.6) is 0 Å². The molecule has 20 heavy (non-hydrogen) atoms. The van der Waals surface area contributed by atoms with Gasteiger partial charge in [-0.3, -0.25) is 4.79 Å². The Morgan fingerprint density at radius 2 is 1.75 bits per heavy atom. The summed E-state index contributed by atoms with van der Waals surface area (Å²) in [6.07, 6.45) is 0.380. The molecule has 0 spiro atoms. The number of anilines is 2. The van der Waals surface area contributed by atoms with Crippen molar-refractivity contribution in [3.05, 3.63) is 58.7 Å². The maximum atomic E-state index is 12.1. The van der Waals surface area contributed by atoms with Gasteiger partial charge in [0.25, 0.3) is 0 Å². The third-order valence-corrected chi connectivity index (χ3v) is 3.27. The third-order valence-electron chi connectivity index (χ3n) is 3.27. The summed E-state index contributed by atoms with van der Waals surface area (Å²) in [5.41, 5.74) is 11.5. The van der Waals surface area contributed by atoms with E-state index in [2.05, 4.69) is 5.32 Å². The Labute approximate surface area is 119 Å². The van der Waals surface area contributed by atoms with Crippen molar-refractivity contribution in [3.63, 3.8) is 0 Å². The van der Waals surface area contributed by atoms with E-state index in [4.69, 9.17) is 5.73 Å². The average molecular weight is 268 g/mol. The summed E-state index contributed by atoms with van der Waals surface area (Å²) in [6.45, 7) is 5.92. The van der Waals surface area contributed by atoms with Crippen molar-refractivity contribution in [3.8, 4) is 0 Å². The smallest absolute Gasteiger partial charge is 0.228 e. The van der Waals surface area contributed by atoms with Gasteiger partial charge in [0.15, 0.2) is 0 Å². The fraction of sp³-hybridized carbons (Fsp3) is 0.235. The number of rotatable bonds is 3. The quantitative estimate of drug-likeness (QED) is 0.838. The molecular weight excluding hydrogens is 248 g/mol. The lowest BCUT2D eigenvalue weighted by molar-refractivity contribution is -0.115. The molecule has 0 aliphatic rings. The fourth-order valence-electron chi connectivity index (χ4n) is 2.39. The van der Waals surface area contributed by atoms with Gasteiger partial charge in [-0.2, -0.15) is 0 Å². The van der Waals surface area contributed by atoms with Crippen LogP contribution in [-0.4, -0.2) is 5.91 Å². The molecule has 3 N–H and O–H groups in total. The first-order valence-electron chi connectivity index (χ1n) is 6.68. The first kappa shape index (κ1) is 14.1. The lowest BCUT2D eigenvalue weighted by atomic mass is 10.1. The summed E-state index contributed by atoms with van der Waals surface area (Å²) in [6, 6.07) is 11.7. The minimum Gasteiger partial charge on any atom is -0.399 e. The van der Waals surface area contributed by atoms with Gasteiger partial charge in [-0.15, -0.1) is 0 Å². The maximum absolute atomic E-state index is 12.1. The van der Waals surface area contributed by atoms with E-state index in [0.29, 0.717) is 6.42 Å². The first-order chi connectivity index (χ1) is 9.45. The zero-order chi connectivity index (χ0) is 14.7. The summed E-state index contributed by atoms with van der Waals surface area (Å²) in [5, 5.41) is 2.98. The zero-order valence-corrected chi connectivity index (χ0v) is 12.2. The van der Waals surface area contributed by atoms with Crippen LogP contribution in [0.25, 0.3) is 0 Å². The monoisotopic (exact) mass is 268 g/mol. The molecule has 2 rings (SSSR count). The highest BCUT2D eigenvalue weighted by Gasteiger charge is 2.09. The lowest BCUT2D eigenvalue weighted by Crippen LogP contribution is -2.16. The highest BCUT2D eigenvalue weighted by molar-refractivity contribution is 5.94. The van der Waals surface area contributed by atoms with Gasteiger partial charge in [0.1, 0.15) is 0 Å². The molecule has 3 nitrogen and oxygen atoms in total. The van der Waals surface area contributed by atoms with Crippen molar-refractivity contribution in [2.45, 2.75) is 27.2 Å². The fourth-order valence-corrected chi connectivity index (χ4v) is 2.39. The molecular formula is C17H20N2O. The van der Waals surface area contributed by atoms with Crippen molar-refractivity contribution < 1.29 is 4.79 Å². The molecule has 0 aliphatic heterocycles. The van der Waals surface area contributed by atoms with Crippen LogP contribution >= 0.6 is 0 Å². The van der Waals surface area contributed by atoms with E-state index in [9.17, 15) is 4.79 Å². The third kappa shape index (κ3) is 3.38. The predicted octanol–water partition coefficient (Wildman–Crippen LogP) is 3.38. The van der Waals surface area contributed by atoms with Gasteiger partial charge in [0, 0.05) is 11.4 Å². The molecule has 0 bridgehead atoms. The Morgan fingerprint density at radius 1 is 1.10 bits per heavy atom. The molecule has 0 saturated heterocycles. The summed E-state index contributed by atoms with van der Waals surface area (Å²) < 4.78 is 0. The van der Waals surface area contributed by atoms with Gasteiger partial charge < -0.3 is 11.1 Å². The molecule has 0 aliphatic carbocycles. The van der Waals surface area contributed by atoms with Gasteiger partial charge in [-0.1, -0.05) is 29.8 Å². The second kappa shape index (κ2) is 5.78. The Bertz CT molecular complexity index is 624. The molecule has 104 valence electrons. The lowest BCUT2D eigenvalue weighted by Gasteiger charge is -2.13. The van der Waals surface area contributed by atoms with E-state index in [0.717, 1.165) is 33.6 Å². The minimum atomic E-state index is -0.00780. The van der Waals surface area contributed by atoms with Gasteiger partial charge in [-0.05, 0) is 49.6 Å². The number of carbonyl (C=O) groups is 1. The number of hydrogen-bond acceptors (Lipinski definition) is 2. The molecule has 2 aromatic carbocycles. The van der Waals surface area contributed by atoms with Crippen LogP contribution in [-0.2, 0) is 11.2 Å². The molecule has 0 atom stereocenters. The van der Waals surface area contributed by atoms with Crippen molar-refractivity contribution >= 4 is 17.3 Å². The van der Waals surface area contributed by atoms with E-state index >= 15 is 0 Å². The topological polar surface area (TPSA) is 55.1 Å². The SMILES string of the molecule is Cc1cccc(CC(=O)Nc2c(C)cc(N)cc2C)c1. The summed E-state index contributed by atoms with van der Waals surface area (Å²) in [7, 11) is 0. The average Bonchev–Trinajstić information content (AvgIpc) is 2.33. The van der Waals surface area contributed by atoms with E-state index in [1.54, 1.807) is 0 Å². The number of benzene rings is 2. The van der Waals surface area contributed by atoms with Crippen molar-refractivity contribution in [2.24, 2.45) is 0 Å². The van der Waals surface area contributed by atoms with Crippen LogP contribution in [0.2, 0.25) is 0 Å². The van der Waals surface area contributed by atoms with Crippen LogP contribution < -0.4 is 11.1 Å². The van der Waals surface area contributed by atoms with Crippen LogP contribution in [0.4, 0.5) is 11.4 Å². The molecule has 2 aromatic rings. The number of nitrogen functional groups attached to an aromatic ring is 1. The number of nitrogens with two attached hydrogens (primary N) is 1. The van der Waals surface area contributed by atoms with Gasteiger partial charge >= 0.3 is 0 Å². The Morgan fingerprint density at radius 3 is 2.35 bits per heavy atom. The standard InChI is InChI=1S/C17H20N2O/c1-11-5-4-6-14(7-11)10-16(20)19-17-12(2)8-15(18)9-13(17)3/h4-9H,10,18H2,1-3H3,(H,19,20). The van der Waals surface area contributed by atoms with Gasteiger partial charge in [0.2, 0.25) is 5.91 Å². The summed E-state index contributed by atoms with van der Waals surface area (Å²) >= 11 is 0. The van der Waals surface area contributed by atoms with Crippen LogP contribution in [0.1, 0.15) is 22.3 Å². The zero-order valence-electron chi connectivity index (χ0n) is 12.2. The van der Waals surface area contributed by atoms with Crippen LogP contribution in [0.3, 0.4) is 0 Å². The maximum Gasteiger partial charge on any atom is 0.228 e. The number of carbonyl (C=O) groups excluding carboxylic acids is 1. The van der Waals surface area contributed by atoms with E-state index in [1.807, 2.05) is 57.2 Å². The predicted molar refractivity (Wildman–Crippen MR) is 83.8 cm³/mol. The van der Waals surface area contributed by atoms with Gasteiger partial charge in [-0.25, -0.2) is 0 Å². The second-order valence-corrected chi connectivity index (χ2v) is 5.24. The van der Waals surface area contributed by atoms with E-state index < -0.39 is 0 Å². The Hall–Kier alpha value is -2.29. The normalized spacial score (nSPS) is 10.3. The van der Waals surface area contributed by atoms with Crippen molar-refractivity contribution in [1.29, 1.82) is 0 Å². The molecule has 0 radical (unpaired) electrons. The highest BCUT2D eigenvalue weighted by atomic mass is 16.1. The molecule has 0 aromatic heterocycles.